The number of aryl methyl sites for hydroxylation is 1. The lowest BCUT2D eigenvalue weighted by Gasteiger charge is -2.38. The van der Waals surface area contributed by atoms with Crippen LogP contribution in [0.15, 0.2) is 54.7 Å². The van der Waals surface area contributed by atoms with Crippen molar-refractivity contribution in [2.75, 3.05) is 0 Å². The molecule has 0 N–H and O–H groups in total. The summed E-state index contributed by atoms with van der Waals surface area (Å²) in [6, 6.07) is 6.42. The monoisotopic (exact) mass is 356 g/mol. The van der Waals surface area contributed by atoms with Gasteiger partial charge in [-0.3, -0.25) is 0 Å². The molecule has 25 heavy (non-hydrogen) atoms. The minimum absolute atomic E-state index is 0.444. The molecule has 136 valence electrons. The van der Waals surface area contributed by atoms with Crippen LogP contribution in [-0.2, 0) is 6.42 Å². The second-order valence-electron chi connectivity index (χ2n) is 7.86. The summed E-state index contributed by atoms with van der Waals surface area (Å²) in [7, 11) is 0. The molecule has 4 unspecified atom stereocenters. The van der Waals surface area contributed by atoms with Crippen molar-refractivity contribution in [1.29, 1.82) is 0 Å². The largest absolute Gasteiger partial charge is 0.0998 e. The molecule has 0 heterocycles. The van der Waals surface area contributed by atoms with E-state index in [9.17, 15) is 0 Å². The first kappa shape index (κ1) is 20.0. The Balaban J connectivity index is 2.15. The van der Waals surface area contributed by atoms with Crippen molar-refractivity contribution in [3.63, 3.8) is 0 Å². The third kappa shape index (κ3) is 4.88. The number of halogens is 1. The molecular weight excluding hydrogens is 324 g/mol. The number of hydrogen-bond acceptors (Lipinski definition) is 0. The molecule has 1 heteroatoms. The summed E-state index contributed by atoms with van der Waals surface area (Å²) in [5, 5.41) is 0.860. The minimum Gasteiger partial charge on any atom is -0.0998 e. The van der Waals surface area contributed by atoms with E-state index in [2.05, 4.69) is 64.3 Å². The Morgan fingerprint density at radius 1 is 1.32 bits per heavy atom. The van der Waals surface area contributed by atoms with Gasteiger partial charge in [-0.2, -0.15) is 0 Å². The lowest BCUT2D eigenvalue weighted by atomic mass is 9.66. The molecule has 0 aromatic heterocycles. The summed E-state index contributed by atoms with van der Waals surface area (Å²) in [5.41, 5.74) is 5.11. The summed E-state index contributed by atoms with van der Waals surface area (Å²) in [4.78, 5) is 0. The van der Waals surface area contributed by atoms with Crippen molar-refractivity contribution in [2.24, 2.45) is 23.7 Å². The maximum atomic E-state index is 6.30. The molecule has 0 fully saturated rings. The van der Waals surface area contributed by atoms with E-state index >= 15 is 0 Å². The Morgan fingerprint density at radius 2 is 2.04 bits per heavy atom. The Morgan fingerprint density at radius 3 is 2.64 bits per heavy atom. The van der Waals surface area contributed by atoms with Crippen molar-refractivity contribution >= 4 is 11.6 Å². The molecule has 2 rings (SSSR count). The lowest BCUT2D eigenvalue weighted by Crippen LogP contribution is -2.29. The maximum Gasteiger partial charge on any atom is 0.0437 e. The summed E-state index contributed by atoms with van der Waals surface area (Å²) in [5.74, 6) is 2.09. The SMILES string of the molecule is C=C(C(C)Cc1ccc(C)c(Cl)c1)C1CC=CC(CCC)C1C(=C)C. The average Bonchev–Trinajstić information content (AvgIpc) is 2.57. The second-order valence-corrected chi connectivity index (χ2v) is 8.27. The Labute approximate surface area is 159 Å². The normalized spacial score (nSPS) is 24.1. The van der Waals surface area contributed by atoms with E-state index in [1.807, 2.05) is 6.92 Å². The zero-order chi connectivity index (χ0) is 18.6. The van der Waals surface area contributed by atoms with E-state index in [4.69, 9.17) is 11.6 Å². The second kappa shape index (κ2) is 8.90. The van der Waals surface area contributed by atoms with E-state index in [0.717, 1.165) is 23.4 Å². The van der Waals surface area contributed by atoms with Gasteiger partial charge >= 0.3 is 0 Å². The van der Waals surface area contributed by atoms with E-state index < -0.39 is 0 Å². The maximum absolute atomic E-state index is 6.30. The standard InChI is InChI=1S/C24H33Cl/c1-7-9-21-10-8-11-22(24(21)16(2)3)19(6)18(5)14-20-13-12-17(4)23(25)15-20/h8,10,12-13,15,18,21-22,24H,2,6-7,9,11,14H2,1,3-5H3. The fourth-order valence-corrected chi connectivity index (χ4v) is 4.48. The van der Waals surface area contributed by atoms with Gasteiger partial charge in [0.1, 0.15) is 0 Å². The van der Waals surface area contributed by atoms with Gasteiger partial charge in [0.15, 0.2) is 0 Å². The predicted molar refractivity (Wildman–Crippen MR) is 112 cm³/mol. The van der Waals surface area contributed by atoms with Gasteiger partial charge in [-0.15, -0.1) is 0 Å². The molecule has 0 nitrogen and oxygen atoms in total. The summed E-state index contributed by atoms with van der Waals surface area (Å²) in [6.45, 7) is 17.7. The highest BCUT2D eigenvalue weighted by molar-refractivity contribution is 6.31. The molecule has 0 bridgehead atoms. The Bertz CT molecular complexity index is 652. The van der Waals surface area contributed by atoms with Gasteiger partial charge in [0.05, 0.1) is 0 Å². The molecule has 1 aromatic carbocycles. The smallest absolute Gasteiger partial charge is 0.0437 e. The average molecular weight is 357 g/mol. The van der Waals surface area contributed by atoms with Crippen molar-refractivity contribution in [3.8, 4) is 0 Å². The highest BCUT2D eigenvalue weighted by atomic mass is 35.5. The van der Waals surface area contributed by atoms with Gasteiger partial charge in [-0.05, 0) is 74.0 Å². The third-order valence-electron chi connectivity index (χ3n) is 5.75. The quantitative estimate of drug-likeness (QED) is 0.442. The number of benzene rings is 1. The van der Waals surface area contributed by atoms with Crippen molar-refractivity contribution in [1.82, 2.24) is 0 Å². The van der Waals surface area contributed by atoms with Gasteiger partial charge in [-0.25, -0.2) is 0 Å². The first-order valence-corrected chi connectivity index (χ1v) is 9.98. The lowest BCUT2D eigenvalue weighted by molar-refractivity contribution is 0.294. The zero-order valence-electron chi connectivity index (χ0n) is 16.3. The summed E-state index contributed by atoms with van der Waals surface area (Å²) in [6.07, 6.45) is 9.33. The van der Waals surface area contributed by atoms with Gasteiger partial charge in [0.25, 0.3) is 0 Å². The number of hydrogen-bond donors (Lipinski definition) is 0. The van der Waals surface area contributed by atoms with Crippen LogP contribution in [0.1, 0.15) is 51.2 Å². The van der Waals surface area contributed by atoms with Crippen molar-refractivity contribution in [3.05, 3.63) is 70.8 Å². The highest BCUT2D eigenvalue weighted by Gasteiger charge is 2.33. The Hall–Kier alpha value is -1.27. The zero-order valence-corrected chi connectivity index (χ0v) is 17.1. The molecule has 4 atom stereocenters. The van der Waals surface area contributed by atoms with Gasteiger partial charge in [-0.1, -0.05) is 80.5 Å². The van der Waals surface area contributed by atoms with Crippen LogP contribution in [0.25, 0.3) is 0 Å². The van der Waals surface area contributed by atoms with Gasteiger partial charge in [0, 0.05) is 5.02 Å². The first-order chi connectivity index (χ1) is 11.8. The van der Waals surface area contributed by atoms with Crippen LogP contribution >= 0.6 is 11.6 Å². The first-order valence-electron chi connectivity index (χ1n) is 9.60. The fraction of sp³-hybridized carbons (Fsp3) is 0.500. The highest BCUT2D eigenvalue weighted by Crippen LogP contribution is 2.43. The Kier molecular flexibility index (Phi) is 7.14. The van der Waals surface area contributed by atoms with E-state index in [-0.39, 0.29) is 0 Å². The molecular formula is C24H33Cl. The molecule has 0 aliphatic heterocycles. The molecule has 0 radical (unpaired) electrons. The molecule has 0 saturated heterocycles. The van der Waals surface area contributed by atoms with Crippen LogP contribution in [0.3, 0.4) is 0 Å². The summed E-state index contributed by atoms with van der Waals surface area (Å²) < 4.78 is 0. The molecule has 1 aliphatic rings. The predicted octanol–water partition coefficient (Wildman–Crippen LogP) is 7.57. The van der Waals surface area contributed by atoms with E-state index in [1.54, 1.807) is 0 Å². The molecule has 0 amide bonds. The van der Waals surface area contributed by atoms with Crippen LogP contribution in [0.2, 0.25) is 5.02 Å². The number of allylic oxidation sites excluding steroid dienone is 4. The molecule has 0 spiro atoms. The minimum atomic E-state index is 0.444. The van der Waals surface area contributed by atoms with Crippen LogP contribution in [0, 0.1) is 30.6 Å². The van der Waals surface area contributed by atoms with Crippen molar-refractivity contribution < 1.29 is 0 Å². The molecule has 1 aromatic rings. The molecule has 1 aliphatic carbocycles. The summed E-state index contributed by atoms with van der Waals surface area (Å²) >= 11 is 6.30. The molecule has 0 saturated carbocycles. The van der Waals surface area contributed by atoms with E-state index in [1.165, 1.54) is 29.6 Å². The topological polar surface area (TPSA) is 0 Å². The third-order valence-corrected chi connectivity index (χ3v) is 6.15. The van der Waals surface area contributed by atoms with Gasteiger partial charge in [0.2, 0.25) is 0 Å². The van der Waals surface area contributed by atoms with E-state index in [0.29, 0.717) is 23.7 Å². The van der Waals surface area contributed by atoms with Crippen LogP contribution in [0.4, 0.5) is 0 Å². The fourth-order valence-electron chi connectivity index (χ4n) is 4.28. The van der Waals surface area contributed by atoms with Gasteiger partial charge < -0.3 is 0 Å². The van der Waals surface area contributed by atoms with Crippen LogP contribution < -0.4 is 0 Å². The van der Waals surface area contributed by atoms with Crippen LogP contribution in [0.5, 0.6) is 0 Å². The van der Waals surface area contributed by atoms with Crippen molar-refractivity contribution in [2.45, 2.75) is 53.4 Å². The number of rotatable bonds is 7. The van der Waals surface area contributed by atoms with Crippen LogP contribution in [-0.4, -0.2) is 0 Å².